The normalized spacial score (nSPS) is 14.2. The third-order valence-corrected chi connectivity index (χ3v) is 0.568. The summed E-state index contributed by atoms with van der Waals surface area (Å²) in [6.07, 6.45) is 1.74. The molecule has 1 aliphatic rings. The largest absolute Gasteiger partial charge is 0.375 e. The molecule has 0 amide bonds. The summed E-state index contributed by atoms with van der Waals surface area (Å²) < 4.78 is 0. The maximum atomic E-state index is 5.00. The van der Waals surface area contributed by atoms with Crippen LogP contribution in [-0.2, 0) is 0 Å². The van der Waals surface area contributed by atoms with Crippen molar-refractivity contribution in [3.8, 4) is 0 Å². The van der Waals surface area contributed by atoms with Gasteiger partial charge in [-0.3, -0.25) is 4.99 Å². The average Bonchev–Trinajstić information content (AvgIpc) is 2.17. The van der Waals surface area contributed by atoms with Gasteiger partial charge in [-0.05, 0) is 0 Å². The van der Waals surface area contributed by atoms with Crippen molar-refractivity contribution in [3.05, 3.63) is 0 Å². The molecule has 48 valence electrons. The number of hydrogen-bond acceptors (Lipinski definition) is 2. The first kappa shape index (κ1) is 7.76. The van der Waals surface area contributed by atoms with Gasteiger partial charge in [-0.1, -0.05) is 6.92 Å². The van der Waals surface area contributed by atoms with Gasteiger partial charge in [-0.2, -0.15) is 0 Å². The summed E-state index contributed by atoms with van der Waals surface area (Å²) in [5.41, 5.74) is 0. The minimum atomic E-state index is 0.722. The van der Waals surface area contributed by atoms with Crippen LogP contribution in [0, 0.1) is 0 Å². The van der Waals surface area contributed by atoms with Crippen molar-refractivity contribution < 1.29 is 0 Å². The van der Waals surface area contributed by atoms with Crippen molar-refractivity contribution in [2.45, 2.75) is 6.92 Å². The fraction of sp³-hybridized carbons (Fsp3) is 0.800. The number of rotatable bonds is 0. The molecule has 0 saturated heterocycles. The molecule has 0 aliphatic carbocycles. The number of nitrogens with one attached hydrogen (secondary N) is 1. The molecule has 2 nitrogen and oxygen atoms in total. The van der Waals surface area contributed by atoms with Gasteiger partial charge in [-0.25, -0.2) is 0 Å². The topological polar surface area (TPSA) is 24.4 Å². The Hall–Kier alpha value is -0.240. The van der Waals surface area contributed by atoms with E-state index in [9.17, 15) is 0 Å². The van der Waals surface area contributed by atoms with Gasteiger partial charge in [0, 0.05) is 12.4 Å². The summed E-state index contributed by atoms with van der Waals surface area (Å²) in [7, 11) is 0. The molecule has 0 bridgehead atoms. The predicted octanol–water partition coefficient (Wildman–Crippen LogP) is 0.863. The lowest BCUT2D eigenvalue weighted by atomic mass is 10.7. The van der Waals surface area contributed by atoms with Crippen molar-refractivity contribution >= 4 is 17.9 Å². The van der Waals surface area contributed by atoms with Crippen LogP contribution in [0.4, 0.5) is 0 Å². The number of aliphatic imine (C=N–C) groups is 1. The highest BCUT2D eigenvalue weighted by atomic mass is 35.5. The van der Waals surface area contributed by atoms with Crippen molar-refractivity contribution in [1.29, 1.82) is 0 Å². The van der Waals surface area contributed by atoms with E-state index >= 15 is 0 Å². The molecule has 0 aromatic rings. The second-order valence-corrected chi connectivity index (χ2v) is 1.79. The molecule has 0 radical (unpaired) electrons. The summed E-state index contributed by atoms with van der Waals surface area (Å²) in [6.45, 7) is 3.88. The first-order valence-corrected chi connectivity index (χ1v) is 3.23. The van der Waals surface area contributed by atoms with E-state index in [1.165, 1.54) is 0 Å². The first-order valence-electron chi connectivity index (χ1n) is 2.69. The van der Waals surface area contributed by atoms with Crippen LogP contribution >= 0.6 is 11.6 Å². The lowest BCUT2D eigenvalue weighted by molar-refractivity contribution is 0.965. The van der Waals surface area contributed by atoms with E-state index in [-0.39, 0.29) is 0 Å². The lowest BCUT2D eigenvalue weighted by Crippen LogP contribution is -2.04. The average molecular weight is 135 g/mol. The number of nitrogens with zero attached hydrogens (tertiary/aromatic N) is 1. The number of hydrogen-bond donors (Lipinski definition) is 1. The second kappa shape index (κ2) is 6.76. The highest BCUT2D eigenvalue weighted by Gasteiger charge is 1.82. The molecule has 1 heterocycles. The summed E-state index contributed by atoms with van der Waals surface area (Å²) in [5, 5.41) is 2.93. The predicted molar refractivity (Wildman–Crippen MR) is 37.8 cm³/mol. The van der Waals surface area contributed by atoms with Crippen LogP contribution in [0.15, 0.2) is 4.99 Å². The zero-order valence-electron chi connectivity index (χ0n) is 5.02. The minimum absolute atomic E-state index is 0.722. The van der Waals surface area contributed by atoms with Gasteiger partial charge < -0.3 is 5.32 Å². The standard InChI is InChI=1S/C3H6N2.C2H5Cl/c1-2-5-3-4-1;1-2-3/h3H,1-2H2,(H,4,5);2H2,1H3. The van der Waals surface area contributed by atoms with Crippen LogP contribution in [0.5, 0.6) is 0 Å². The molecule has 1 N–H and O–H groups in total. The maximum Gasteiger partial charge on any atom is 0.0825 e. The zero-order chi connectivity index (χ0) is 6.24. The lowest BCUT2D eigenvalue weighted by Gasteiger charge is -1.75. The third kappa shape index (κ3) is 5.76. The fourth-order valence-electron chi connectivity index (χ4n) is 0.323. The van der Waals surface area contributed by atoms with E-state index in [0.29, 0.717) is 0 Å². The smallest absolute Gasteiger partial charge is 0.0825 e. The minimum Gasteiger partial charge on any atom is -0.375 e. The summed E-state index contributed by atoms with van der Waals surface area (Å²) in [5.74, 6) is 0.722. The third-order valence-electron chi connectivity index (χ3n) is 0.568. The van der Waals surface area contributed by atoms with Crippen LogP contribution in [0.1, 0.15) is 6.92 Å². The molecule has 0 unspecified atom stereocenters. The molecule has 0 spiro atoms. The van der Waals surface area contributed by atoms with E-state index < -0.39 is 0 Å². The molecule has 1 aliphatic heterocycles. The van der Waals surface area contributed by atoms with Gasteiger partial charge in [0.2, 0.25) is 0 Å². The van der Waals surface area contributed by atoms with Crippen molar-refractivity contribution in [2.24, 2.45) is 4.99 Å². The van der Waals surface area contributed by atoms with Crippen LogP contribution in [0.3, 0.4) is 0 Å². The molecule has 0 fully saturated rings. The summed E-state index contributed by atoms with van der Waals surface area (Å²) in [6, 6.07) is 0. The van der Waals surface area contributed by atoms with E-state index in [1.807, 2.05) is 6.92 Å². The monoisotopic (exact) mass is 134 g/mol. The number of alkyl halides is 1. The Morgan fingerprint density at radius 2 is 2.50 bits per heavy atom. The van der Waals surface area contributed by atoms with E-state index in [0.717, 1.165) is 19.0 Å². The van der Waals surface area contributed by atoms with Crippen molar-refractivity contribution in [2.75, 3.05) is 19.0 Å². The highest BCUT2D eigenvalue weighted by Crippen LogP contribution is 1.68. The van der Waals surface area contributed by atoms with Crippen molar-refractivity contribution in [3.63, 3.8) is 0 Å². The Bertz CT molecular complexity index is 57.4. The molecule has 0 aromatic carbocycles. The Balaban J connectivity index is 0.000000145. The molecular weight excluding hydrogens is 124 g/mol. The Labute approximate surface area is 54.9 Å². The number of halogens is 1. The maximum absolute atomic E-state index is 5.00. The molecule has 3 heteroatoms. The van der Waals surface area contributed by atoms with Gasteiger partial charge in [0.05, 0.1) is 12.9 Å². The second-order valence-electron chi connectivity index (χ2n) is 1.26. The van der Waals surface area contributed by atoms with Crippen LogP contribution in [-0.4, -0.2) is 25.3 Å². The highest BCUT2D eigenvalue weighted by molar-refractivity contribution is 6.17. The fourth-order valence-corrected chi connectivity index (χ4v) is 0.323. The zero-order valence-corrected chi connectivity index (χ0v) is 5.78. The molecule has 0 saturated carbocycles. The Morgan fingerprint density at radius 3 is 2.62 bits per heavy atom. The molecular formula is C5H11ClN2. The van der Waals surface area contributed by atoms with Crippen molar-refractivity contribution in [1.82, 2.24) is 5.32 Å². The van der Waals surface area contributed by atoms with Crippen LogP contribution in [0.25, 0.3) is 0 Å². The molecule has 1 rings (SSSR count). The van der Waals surface area contributed by atoms with Gasteiger partial charge in [0.15, 0.2) is 0 Å². The van der Waals surface area contributed by atoms with Gasteiger partial charge >= 0.3 is 0 Å². The Kier molecular flexibility index (Phi) is 6.56. The van der Waals surface area contributed by atoms with Crippen LogP contribution in [0.2, 0.25) is 0 Å². The van der Waals surface area contributed by atoms with E-state index in [1.54, 1.807) is 6.34 Å². The quantitative estimate of drug-likeness (QED) is 0.489. The van der Waals surface area contributed by atoms with Gasteiger partial charge in [0.1, 0.15) is 0 Å². The first-order chi connectivity index (χ1) is 3.91. The molecule has 0 aromatic heterocycles. The summed E-state index contributed by atoms with van der Waals surface area (Å²) >= 11 is 5.00. The summed E-state index contributed by atoms with van der Waals surface area (Å²) in [4.78, 5) is 3.85. The molecule has 8 heavy (non-hydrogen) atoms. The van der Waals surface area contributed by atoms with Crippen LogP contribution < -0.4 is 5.32 Å². The SMILES string of the molecule is C1=NCCN1.CCCl. The molecule has 0 atom stereocenters. The Morgan fingerprint density at radius 1 is 1.88 bits per heavy atom. The van der Waals surface area contributed by atoms with E-state index in [4.69, 9.17) is 11.6 Å². The van der Waals surface area contributed by atoms with Gasteiger partial charge in [0.25, 0.3) is 0 Å². The van der Waals surface area contributed by atoms with Gasteiger partial charge in [-0.15, -0.1) is 11.6 Å². The van der Waals surface area contributed by atoms with E-state index in [2.05, 4.69) is 10.3 Å².